The van der Waals surface area contributed by atoms with E-state index in [1.54, 1.807) is 24.7 Å². The number of aromatic amines is 1. The molecular weight excluding hydrogens is 353 g/mol. The second-order valence-electron chi connectivity index (χ2n) is 7.69. The highest BCUT2D eigenvalue weighted by Gasteiger charge is 2.15. The number of carbonyl (C=O) groups excluding carboxylic acids is 1. The number of H-pyrrole nitrogens is 1. The molecular formula is C23H24FN3O. The minimum Gasteiger partial charge on any atom is -0.348 e. The number of amides is 1. The van der Waals surface area contributed by atoms with Gasteiger partial charge in [-0.05, 0) is 61.7 Å². The van der Waals surface area contributed by atoms with Crippen LogP contribution in [-0.4, -0.2) is 21.4 Å². The summed E-state index contributed by atoms with van der Waals surface area (Å²) < 4.78 is 13.4. The molecule has 3 rings (SSSR count). The second kappa shape index (κ2) is 8.21. The van der Waals surface area contributed by atoms with E-state index in [2.05, 4.69) is 21.4 Å². The first kappa shape index (κ1) is 19.5. The highest BCUT2D eigenvalue weighted by molar-refractivity contribution is 5.95. The summed E-state index contributed by atoms with van der Waals surface area (Å²) >= 11 is 0. The Morgan fingerprint density at radius 3 is 2.14 bits per heavy atom. The van der Waals surface area contributed by atoms with E-state index in [4.69, 9.17) is 0 Å². The van der Waals surface area contributed by atoms with Crippen molar-refractivity contribution in [2.45, 2.75) is 32.7 Å². The predicted molar refractivity (Wildman–Crippen MR) is 109 cm³/mol. The van der Waals surface area contributed by atoms with Gasteiger partial charge in [0.05, 0.1) is 6.33 Å². The second-order valence-corrected chi connectivity index (χ2v) is 7.69. The molecule has 1 heterocycles. The van der Waals surface area contributed by atoms with Crippen LogP contribution >= 0.6 is 0 Å². The molecule has 0 spiro atoms. The van der Waals surface area contributed by atoms with Crippen LogP contribution in [-0.2, 0) is 6.42 Å². The zero-order valence-corrected chi connectivity index (χ0v) is 16.3. The van der Waals surface area contributed by atoms with Gasteiger partial charge < -0.3 is 10.3 Å². The summed E-state index contributed by atoms with van der Waals surface area (Å²) in [6.07, 6.45) is 6.16. The Kier molecular flexibility index (Phi) is 5.73. The largest absolute Gasteiger partial charge is 0.348 e. The van der Waals surface area contributed by atoms with Gasteiger partial charge in [0, 0.05) is 29.4 Å². The molecule has 0 saturated carbocycles. The molecule has 1 aromatic heterocycles. The number of nitrogens with one attached hydrogen (secondary N) is 2. The number of hydrogen-bond acceptors (Lipinski definition) is 2. The first-order chi connectivity index (χ1) is 13.3. The Morgan fingerprint density at radius 1 is 1.04 bits per heavy atom. The lowest BCUT2D eigenvalue weighted by atomic mass is 9.95. The highest BCUT2D eigenvalue weighted by atomic mass is 19.1. The number of halogens is 1. The number of nitrogens with zero attached hydrogens (tertiary/aromatic N) is 1. The van der Waals surface area contributed by atoms with Gasteiger partial charge in [-0.1, -0.05) is 30.3 Å². The van der Waals surface area contributed by atoms with Crippen molar-refractivity contribution in [2.75, 3.05) is 0 Å². The summed E-state index contributed by atoms with van der Waals surface area (Å²) in [5.41, 5.74) is 4.13. The zero-order valence-electron chi connectivity index (χ0n) is 16.3. The van der Waals surface area contributed by atoms with Gasteiger partial charge in [0.25, 0.3) is 5.91 Å². The van der Waals surface area contributed by atoms with E-state index in [0.717, 1.165) is 22.4 Å². The summed E-state index contributed by atoms with van der Waals surface area (Å²) in [5.74, 6) is -0.380. The minimum absolute atomic E-state index is 0.108. The van der Waals surface area contributed by atoms with Crippen molar-refractivity contribution in [1.82, 2.24) is 15.3 Å². The number of rotatable bonds is 5. The fourth-order valence-corrected chi connectivity index (χ4v) is 2.85. The van der Waals surface area contributed by atoms with Crippen molar-refractivity contribution in [3.8, 4) is 0 Å². The van der Waals surface area contributed by atoms with Gasteiger partial charge in [-0.25, -0.2) is 9.37 Å². The fraction of sp³-hybridized carbons (Fsp3) is 0.217. The SMILES string of the molecule is CC(C)(C)NC(=O)c1ccc(/C(=C/Cc2cnc[nH]2)c2ccc(F)cc2)cc1. The smallest absolute Gasteiger partial charge is 0.251 e. The molecule has 0 bridgehead atoms. The van der Waals surface area contributed by atoms with Gasteiger partial charge in [0.2, 0.25) is 0 Å². The van der Waals surface area contributed by atoms with E-state index in [9.17, 15) is 9.18 Å². The minimum atomic E-state index is -0.293. The summed E-state index contributed by atoms with van der Waals surface area (Å²) in [5, 5.41) is 2.96. The molecule has 0 radical (unpaired) electrons. The van der Waals surface area contributed by atoms with Crippen molar-refractivity contribution in [3.05, 3.63) is 95.3 Å². The summed E-state index contributed by atoms with van der Waals surface area (Å²) in [4.78, 5) is 19.5. The van der Waals surface area contributed by atoms with Crippen LogP contribution in [0.15, 0.2) is 67.1 Å². The zero-order chi connectivity index (χ0) is 20.1. The molecule has 0 saturated heterocycles. The van der Waals surface area contributed by atoms with Gasteiger partial charge >= 0.3 is 0 Å². The standard InChI is InChI=1S/C23H24FN3O/c1-23(2,3)27-22(28)18-6-4-16(5-7-18)21(13-12-20-14-25-15-26-20)17-8-10-19(24)11-9-17/h4-11,13-15H,12H2,1-3H3,(H,25,26)(H,27,28)/b21-13-. The van der Waals surface area contributed by atoms with Gasteiger partial charge in [-0.15, -0.1) is 0 Å². The molecule has 3 aromatic rings. The van der Waals surface area contributed by atoms with Crippen LogP contribution in [0.25, 0.3) is 5.57 Å². The van der Waals surface area contributed by atoms with E-state index in [-0.39, 0.29) is 17.3 Å². The van der Waals surface area contributed by atoms with Crippen LogP contribution in [0.2, 0.25) is 0 Å². The van der Waals surface area contributed by atoms with Crippen LogP contribution in [0.1, 0.15) is 48.0 Å². The Hall–Kier alpha value is -3.21. The number of carbonyl (C=O) groups is 1. The molecule has 0 unspecified atom stereocenters. The molecule has 5 heteroatoms. The van der Waals surface area contributed by atoms with E-state index in [0.29, 0.717) is 12.0 Å². The molecule has 0 aliphatic carbocycles. The maximum atomic E-state index is 13.4. The molecule has 2 N–H and O–H groups in total. The third-order valence-electron chi connectivity index (χ3n) is 4.18. The maximum Gasteiger partial charge on any atom is 0.251 e. The van der Waals surface area contributed by atoms with Crippen LogP contribution in [0.4, 0.5) is 4.39 Å². The van der Waals surface area contributed by atoms with Gasteiger partial charge in [-0.2, -0.15) is 0 Å². The predicted octanol–water partition coefficient (Wildman–Crippen LogP) is 4.75. The summed E-state index contributed by atoms with van der Waals surface area (Å²) in [6.45, 7) is 5.85. The molecule has 0 aliphatic rings. The van der Waals surface area contributed by atoms with Crippen LogP contribution < -0.4 is 5.32 Å². The van der Waals surface area contributed by atoms with E-state index < -0.39 is 0 Å². The molecule has 28 heavy (non-hydrogen) atoms. The fourth-order valence-electron chi connectivity index (χ4n) is 2.85. The third kappa shape index (κ3) is 5.16. The van der Waals surface area contributed by atoms with E-state index in [1.807, 2.05) is 45.0 Å². The Balaban J connectivity index is 1.90. The van der Waals surface area contributed by atoms with Gasteiger partial charge in [0.1, 0.15) is 5.82 Å². The normalized spacial score (nSPS) is 12.1. The first-order valence-electron chi connectivity index (χ1n) is 9.18. The van der Waals surface area contributed by atoms with Crippen molar-refractivity contribution in [2.24, 2.45) is 0 Å². The summed E-state index contributed by atoms with van der Waals surface area (Å²) in [7, 11) is 0. The monoisotopic (exact) mass is 377 g/mol. The number of imidazole rings is 1. The van der Waals surface area contributed by atoms with E-state index >= 15 is 0 Å². The van der Waals surface area contributed by atoms with E-state index in [1.165, 1.54) is 12.1 Å². The number of aromatic nitrogens is 2. The average Bonchev–Trinajstić information content (AvgIpc) is 3.16. The Morgan fingerprint density at radius 2 is 1.61 bits per heavy atom. The van der Waals surface area contributed by atoms with Crippen molar-refractivity contribution >= 4 is 11.5 Å². The average molecular weight is 377 g/mol. The first-order valence-corrected chi connectivity index (χ1v) is 9.18. The Labute approximate surface area is 164 Å². The van der Waals surface area contributed by atoms with Gasteiger partial charge in [0.15, 0.2) is 0 Å². The van der Waals surface area contributed by atoms with Crippen LogP contribution in [0.3, 0.4) is 0 Å². The van der Waals surface area contributed by atoms with Crippen molar-refractivity contribution in [3.63, 3.8) is 0 Å². The van der Waals surface area contributed by atoms with Crippen molar-refractivity contribution < 1.29 is 9.18 Å². The molecule has 2 aromatic carbocycles. The lowest BCUT2D eigenvalue weighted by Gasteiger charge is -2.20. The number of hydrogen-bond donors (Lipinski definition) is 2. The lowest BCUT2D eigenvalue weighted by molar-refractivity contribution is 0.0919. The highest BCUT2D eigenvalue weighted by Crippen LogP contribution is 2.25. The van der Waals surface area contributed by atoms with Gasteiger partial charge in [-0.3, -0.25) is 4.79 Å². The van der Waals surface area contributed by atoms with Crippen LogP contribution in [0, 0.1) is 5.82 Å². The molecule has 1 amide bonds. The van der Waals surface area contributed by atoms with Crippen molar-refractivity contribution in [1.29, 1.82) is 0 Å². The molecule has 0 aliphatic heterocycles. The number of allylic oxidation sites excluding steroid dienone is 1. The summed E-state index contributed by atoms with van der Waals surface area (Å²) in [6, 6.07) is 13.9. The molecule has 0 fully saturated rings. The maximum absolute atomic E-state index is 13.4. The topological polar surface area (TPSA) is 57.8 Å². The Bertz CT molecular complexity index is 951. The third-order valence-corrected chi connectivity index (χ3v) is 4.18. The quantitative estimate of drug-likeness (QED) is 0.674. The molecule has 144 valence electrons. The lowest BCUT2D eigenvalue weighted by Crippen LogP contribution is -2.40. The molecule has 4 nitrogen and oxygen atoms in total. The number of benzene rings is 2. The van der Waals surface area contributed by atoms with Crippen LogP contribution in [0.5, 0.6) is 0 Å². The molecule has 0 atom stereocenters.